The normalized spacial score (nSPS) is 11.5. The summed E-state index contributed by atoms with van der Waals surface area (Å²) in [7, 11) is 0. The fourth-order valence-electron chi connectivity index (χ4n) is 3.55. The van der Waals surface area contributed by atoms with Crippen LogP contribution in [-0.2, 0) is 21.6 Å². The minimum absolute atomic E-state index is 0.166. The number of aryl methyl sites for hydroxylation is 1. The summed E-state index contributed by atoms with van der Waals surface area (Å²) in [5.41, 5.74) is -2.93. The molecule has 0 bridgehead atoms. The van der Waals surface area contributed by atoms with Crippen LogP contribution in [0.25, 0.3) is 10.9 Å². The van der Waals surface area contributed by atoms with Gasteiger partial charge in [-0.15, -0.1) is 0 Å². The second kappa shape index (κ2) is 10.2. The monoisotopic (exact) mass is 518 g/mol. The van der Waals surface area contributed by atoms with Gasteiger partial charge < -0.3 is 4.74 Å². The van der Waals surface area contributed by atoms with Crippen molar-refractivity contribution in [1.82, 2.24) is 9.13 Å². The lowest BCUT2D eigenvalue weighted by Gasteiger charge is -2.26. The molecule has 0 radical (unpaired) electrons. The van der Waals surface area contributed by atoms with Gasteiger partial charge in [-0.1, -0.05) is 52.3 Å². The van der Waals surface area contributed by atoms with Gasteiger partial charge in [-0.05, 0) is 38.8 Å². The number of esters is 1. The maximum Gasteiger partial charge on any atom is 0.332 e. The smallest absolute Gasteiger partial charge is 0.332 e. The van der Waals surface area contributed by atoms with E-state index in [4.69, 9.17) is 4.74 Å². The van der Waals surface area contributed by atoms with Crippen LogP contribution in [0.5, 0.6) is 0 Å². The van der Waals surface area contributed by atoms with Crippen molar-refractivity contribution in [1.29, 1.82) is 0 Å². The number of hydrogen-bond donors (Lipinski definition) is 0. The number of rotatable bonds is 9. The molecular formula is C24H24BrFN2O5. The molecule has 7 nitrogen and oxygen atoms in total. The number of unbranched alkanes of at least 4 members (excludes halogenated alkanes) is 1. The lowest BCUT2D eigenvalue weighted by atomic mass is 10.0. The second-order valence-electron chi connectivity index (χ2n) is 8.03. The number of aromatic nitrogens is 2. The van der Waals surface area contributed by atoms with E-state index in [-0.39, 0.29) is 17.4 Å². The highest BCUT2D eigenvalue weighted by molar-refractivity contribution is 9.09. The molecule has 0 amide bonds. The molecule has 0 unspecified atom stereocenters. The third-order valence-corrected chi connectivity index (χ3v) is 5.94. The van der Waals surface area contributed by atoms with Gasteiger partial charge >= 0.3 is 11.7 Å². The van der Waals surface area contributed by atoms with Crippen LogP contribution in [0.2, 0.25) is 0 Å². The van der Waals surface area contributed by atoms with Gasteiger partial charge in [0.1, 0.15) is 11.4 Å². The first-order chi connectivity index (χ1) is 15.7. The summed E-state index contributed by atoms with van der Waals surface area (Å²) in [5.74, 6) is -2.17. The number of ether oxygens (including phenoxy) is 1. The molecule has 0 atom stereocenters. The van der Waals surface area contributed by atoms with E-state index < -0.39 is 41.0 Å². The van der Waals surface area contributed by atoms with E-state index in [1.165, 1.54) is 30.5 Å². The minimum atomic E-state index is -1.78. The molecule has 0 aliphatic heterocycles. The molecule has 33 heavy (non-hydrogen) atoms. The SMILES string of the molecule is CC(C)(C(=O)OCC(=O)c1ccccc1)n1c(=O)c2c(F)cccc2n(CCCCBr)c1=O. The van der Waals surface area contributed by atoms with E-state index in [0.717, 1.165) is 17.8 Å². The van der Waals surface area contributed by atoms with Gasteiger partial charge in [0.15, 0.2) is 12.4 Å². The average molecular weight is 519 g/mol. The molecule has 1 heterocycles. The number of alkyl halides is 1. The van der Waals surface area contributed by atoms with Crippen molar-refractivity contribution in [3.63, 3.8) is 0 Å². The molecule has 0 aliphatic rings. The molecule has 0 fully saturated rings. The molecule has 0 saturated carbocycles. The molecule has 3 aromatic rings. The number of carbonyl (C=O) groups excluding carboxylic acids is 2. The van der Waals surface area contributed by atoms with Crippen LogP contribution in [-0.4, -0.2) is 32.8 Å². The largest absolute Gasteiger partial charge is 0.456 e. The second-order valence-corrected chi connectivity index (χ2v) is 8.82. The van der Waals surface area contributed by atoms with Crippen molar-refractivity contribution < 1.29 is 18.7 Å². The zero-order valence-corrected chi connectivity index (χ0v) is 19.9. The third-order valence-electron chi connectivity index (χ3n) is 5.38. The minimum Gasteiger partial charge on any atom is -0.456 e. The van der Waals surface area contributed by atoms with Crippen molar-refractivity contribution in [2.75, 3.05) is 11.9 Å². The first kappa shape index (κ1) is 24.6. The molecule has 0 spiro atoms. The van der Waals surface area contributed by atoms with Gasteiger partial charge in [-0.3, -0.25) is 14.2 Å². The number of halogens is 2. The van der Waals surface area contributed by atoms with Crippen LogP contribution >= 0.6 is 15.9 Å². The number of Topliss-reactive ketones (excluding diaryl/α,β-unsaturated/α-hetero) is 1. The molecule has 0 saturated heterocycles. The Labute approximate surface area is 197 Å². The highest BCUT2D eigenvalue weighted by Gasteiger charge is 2.36. The standard InChI is InChI=1S/C24H24BrFN2O5/c1-24(2,22(31)33-15-19(29)16-9-4-3-5-10-16)28-21(30)20-17(26)11-8-12-18(20)27(23(28)32)14-7-6-13-25/h3-5,8-12H,6-7,13-15H2,1-2H3. The summed E-state index contributed by atoms with van der Waals surface area (Å²) in [6, 6.07) is 12.3. The fourth-order valence-corrected chi connectivity index (χ4v) is 3.95. The van der Waals surface area contributed by atoms with Crippen LogP contribution in [0.3, 0.4) is 0 Å². The highest BCUT2D eigenvalue weighted by Crippen LogP contribution is 2.18. The van der Waals surface area contributed by atoms with E-state index in [0.29, 0.717) is 16.6 Å². The Morgan fingerprint density at radius 1 is 1.03 bits per heavy atom. The Morgan fingerprint density at radius 3 is 2.39 bits per heavy atom. The van der Waals surface area contributed by atoms with Crippen molar-refractivity contribution in [2.24, 2.45) is 0 Å². The Morgan fingerprint density at radius 2 is 1.73 bits per heavy atom. The first-order valence-electron chi connectivity index (χ1n) is 10.5. The first-order valence-corrected chi connectivity index (χ1v) is 11.6. The van der Waals surface area contributed by atoms with Gasteiger partial charge in [0.2, 0.25) is 0 Å². The maximum atomic E-state index is 14.7. The summed E-state index contributed by atoms with van der Waals surface area (Å²) in [6.45, 7) is 2.35. The van der Waals surface area contributed by atoms with Gasteiger partial charge in [0.05, 0.1) is 10.9 Å². The number of ketones is 1. The van der Waals surface area contributed by atoms with E-state index >= 15 is 0 Å². The molecule has 9 heteroatoms. The summed E-state index contributed by atoms with van der Waals surface area (Å²) in [6.07, 6.45) is 1.36. The molecule has 3 rings (SSSR count). The van der Waals surface area contributed by atoms with Crippen LogP contribution in [0.15, 0.2) is 58.1 Å². The lowest BCUT2D eigenvalue weighted by Crippen LogP contribution is -2.53. The topological polar surface area (TPSA) is 87.4 Å². The van der Waals surface area contributed by atoms with Gasteiger partial charge in [0.25, 0.3) is 5.56 Å². The maximum absolute atomic E-state index is 14.7. The number of fused-ring (bicyclic) bond motifs is 1. The Balaban J connectivity index is 2.02. The fraction of sp³-hybridized carbons (Fsp3) is 0.333. The number of nitrogens with zero attached hydrogens (tertiary/aromatic N) is 2. The van der Waals surface area contributed by atoms with Crippen LogP contribution in [0.4, 0.5) is 4.39 Å². The highest BCUT2D eigenvalue weighted by atomic mass is 79.9. The van der Waals surface area contributed by atoms with E-state index in [2.05, 4.69) is 15.9 Å². The number of carbonyl (C=O) groups is 2. The predicted octanol–water partition coefficient (Wildman–Crippen LogP) is 3.64. The predicted molar refractivity (Wildman–Crippen MR) is 127 cm³/mol. The molecule has 0 aliphatic carbocycles. The molecule has 0 N–H and O–H groups in total. The summed E-state index contributed by atoms with van der Waals surface area (Å²) in [4.78, 5) is 51.7. The average Bonchev–Trinajstić information content (AvgIpc) is 2.79. The molecule has 1 aromatic heterocycles. The Hall–Kier alpha value is -3.07. The number of benzene rings is 2. The quantitative estimate of drug-likeness (QED) is 0.187. The van der Waals surface area contributed by atoms with Gasteiger partial charge in [0, 0.05) is 17.4 Å². The summed E-state index contributed by atoms with van der Waals surface area (Å²) < 4.78 is 21.8. The number of hydrogen-bond acceptors (Lipinski definition) is 5. The van der Waals surface area contributed by atoms with Crippen molar-refractivity contribution in [2.45, 2.75) is 38.8 Å². The molecule has 174 valence electrons. The zero-order chi connectivity index (χ0) is 24.2. The zero-order valence-electron chi connectivity index (χ0n) is 18.3. The van der Waals surface area contributed by atoms with Crippen molar-refractivity contribution in [3.8, 4) is 0 Å². The lowest BCUT2D eigenvalue weighted by molar-refractivity contribution is -0.151. The van der Waals surface area contributed by atoms with E-state index in [9.17, 15) is 23.6 Å². The Kier molecular flexibility index (Phi) is 7.63. The molecular weight excluding hydrogens is 495 g/mol. The van der Waals surface area contributed by atoms with Gasteiger partial charge in [-0.2, -0.15) is 0 Å². The van der Waals surface area contributed by atoms with Crippen molar-refractivity contribution >= 4 is 38.6 Å². The van der Waals surface area contributed by atoms with Gasteiger partial charge in [-0.25, -0.2) is 18.5 Å². The molecule has 2 aromatic carbocycles. The van der Waals surface area contributed by atoms with Crippen molar-refractivity contribution in [3.05, 3.63) is 80.7 Å². The van der Waals surface area contributed by atoms with E-state index in [1.807, 2.05) is 0 Å². The van der Waals surface area contributed by atoms with Crippen LogP contribution < -0.4 is 11.2 Å². The van der Waals surface area contributed by atoms with E-state index in [1.54, 1.807) is 30.3 Å². The summed E-state index contributed by atoms with van der Waals surface area (Å²) >= 11 is 3.33. The summed E-state index contributed by atoms with van der Waals surface area (Å²) in [5, 5.41) is 0.443. The van der Waals surface area contributed by atoms with Crippen LogP contribution in [0, 0.1) is 5.82 Å². The third kappa shape index (κ3) is 4.98. The Bertz CT molecular complexity index is 1300. The van der Waals surface area contributed by atoms with Crippen LogP contribution in [0.1, 0.15) is 37.0 Å².